The lowest BCUT2D eigenvalue weighted by atomic mass is 10.1. The second kappa shape index (κ2) is 9.77. The van der Waals surface area contributed by atoms with Gasteiger partial charge < -0.3 is 10.1 Å². The number of carbonyl (C=O) groups is 1. The van der Waals surface area contributed by atoms with Crippen LogP contribution in [0.5, 0.6) is 5.75 Å². The van der Waals surface area contributed by atoms with Gasteiger partial charge in [-0.1, -0.05) is 18.2 Å². The molecule has 1 N–H and O–H groups in total. The van der Waals surface area contributed by atoms with Crippen LogP contribution in [-0.2, 0) is 30.9 Å². The van der Waals surface area contributed by atoms with Crippen LogP contribution in [0.2, 0.25) is 0 Å². The maximum atomic E-state index is 13.2. The summed E-state index contributed by atoms with van der Waals surface area (Å²) >= 11 is 1.37. The maximum absolute atomic E-state index is 13.2. The Morgan fingerprint density at radius 3 is 2.76 bits per heavy atom. The Balaban J connectivity index is 1.72. The summed E-state index contributed by atoms with van der Waals surface area (Å²) in [5, 5.41) is 7.61. The number of aryl methyl sites for hydroxylation is 1. The molecule has 1 aromatic carbocycles. The molecule has 3 aromatic rings. The van der Waals surface area contributed by atoms with Crippen LogP contribution in [0.1, 0.15) is 47.9 Å². The number of aromatic nitrogens is 2. The number of thiophene rings is 1. The van der Waals surface area contributed by atoms with Crippen LogP contribution in [0.15, 0.2) is 29.1 Å². The minimum Gasteiger partial charge on any atom is -0.491 e. The Morgan fingerprint density at radius 1 is 1.32 bits per heavy atom. The van der Waals surface area contributed by atoms with Crippen molar-refractivity contribution in [1.29, 1.82) is 0 Å². The molecule has 6 nitrogen and oxygen atoms in total. The highest BCUT2D eigenvalue weighted by molar-refractivity contribution is 7.19. The maximum Gasteiger partial charge on any atom is 0.416 e. The Morgan fingerprint density at radius 2 is 2.09 bits per heavy atom. The molecule has 1 aliphatic rings. The van der Waals surface area contributed by atoms with E-state index in [1.54, 1.807) is 13.1 Å². The molecule has 0 spiro atoms. The van der Waals surface area contributed by atoms with E-state index in [0.717, 1.165) is 41.8 Å². The number of carbonyl (C=O) groups excluding carboxylic acids is 1. The first-order chi connectivity index (χ1) is 16.1. The third-order valence-corrected chi connectivity index (χ3v) is 6.93. The van der Waals surface area contributed by atoms with Crippen LogP contribution in [-0.4, -0.2) is 28.8 Å². The van der Waals surface area contributed by atoms with Gasteiger partial charge in [-0.25, -0.2) is 4.68 Å². The molecule has 0 saturated heterocycles. The topological polar surface area (TPSA) is 73.2 Å². The van der Waals surface area contributed by atoms with E-state index >= 15 is 0 Å². The lowest BCUT2D eigenvalue weighted by Gasteiger charge is -2.11. The largest absolute Gasteiger partial charge is 0.491 e. The van der Waals surface area contributed by atoms with E-state index in [9.17, 15) is 22.8 Å². The average molecular weight is 494 g/mol. The van der Waals surface area contributed by atoms with Crippen molar-refractivity contribution in [2.45, 2.75) is 45.2 Å². The Kier molecular flexibility index (Phi) is 6.97. The Labute approximate surface area is 198 Å². The summed E-state index contributed by atoms with van der Waals surface area (Å²) in [5.41, 5.74) is 0.301. The second-order valence-corrected chi connectivity index (χ2v) is 9.75. The molecule has 1 fully saturated rings. The van der Waals surface area contributed by atoms with E-state index in [4.69, 9.17) is 4.74 Å². The number of fused-ring (bicyclic) bond motifs is 1. The monoisotopic (exact) mass is 493 g/mol. The Bertz CT molecular complexity index is 1260. The van der Waals surface area contributed by atoms with Crippen molar-refractivity contribution in [2.75, 3.05) is 13.2 Å². The summed E-state index contributed by atoms with van der Waals surface area (Å²) < 4.78 is 47.8. The van der Waals surface area contributed by atoms with Crippen molar-refractivity contribution in [2.24, 2.45) is 13.0 Å². The van der Waals surface area contributed by atoms with Crippen molar-refractivity contribution in [3.8, 4) is 5.75 Å². The van der Waals surface area contributed by atoms with E-state index < -0.39 is 11.7 Å². The number of nitrogens with zero attached hydrogens (tertiary/aromatic N) is 2. The van der Waals surface area contributed by atoms with Crippen molar-refractivity contribution >= 4 is 27.3 Å². The molecule has 10 heteroatoms. The first-order valence-corrected chi connectivity index (χ1v) is 12.0. The predicted octanol–water partition coefficient (Wildman–Crippen LogP) is 4.46. The summed E-state index contributed by atoms with van der Waals surface area (Å²) in [6.45, 7) is 2.11. The summed E-state index contributed by atoms with van der Waals surface area (Å²) in [5.74, 6) is 0.806. The van der Waals surface area contributed by atoms with Gasteiger partial charge in [-0.3, -0.25) is 9.59 Å². The zero-order valence-corrected chi connectivity index (χ0v) is 19.8. The van der Waals surface area contributed by atoms with Gasteiger partial charge in [-0.2, -0.15) is 18.3 Å². The lowest BCUT2D eigenvalue weighted by molar-refractivity contribution is -0.137. The quantitative estimate of drug-likeness (QED) is 0.447. The van der Waals surface area contributed by atoms with Gasteiger partial charge in [-0.05, 0) is 43.2 Å². The molecule has 0 radical (unpaired) electrons. The van der Waals surface area contributed by atoms with Crippen LogP contribution < -0.4 is 15.6 Å². The van der Waals surface area contributed by atoms with Crippen LogP contribution in [0.25, 0.3) is 10.1 Å². The van der Waals surface area contributed by atoms with Gasteiger partial charge in [0.2, 0.25) is 5.91 Å². The number of halogens is 3. The highest BCUT2D eigenvalue weighted by Gasteiger charge is 2.31. The first kappa shape index (κ1) is 24.3. The van der Waals surface area contributed by atoms with Gasteiger partial charge in [-0.15, -0.1) is 11.3 Å². The van der Waals surface area contributed by atoms with Gasteiger partial charge in [0.25, 0.3) is 5.56 Å². The molecule has 1 saturated carbocycles. The third-order valence-electron chi connectivity index (χ3n) is 5.71. The lowest BCUT2D eigenvalue weighted by Crippen LogP contribution is -2.23. The molecule has 2 aromatic heterocycles. The van der Waals surface area contributed by atoms with Gasteiger partial charge in [0, 0.05) is 26.9 Å². The van der Waals surface area contributed by atoms with E-state index in [2.05, 4.69) is 10.4 Å². The van der Waals surface area contributed by atoms with Crippen molar-refractivity contribution in [1.82, 2.24) is 15.1 Å². The van der Waals surface area contributed by atoms with E-state index in [1.165, 1.54) is 29.0 Å². The molecule has 182 valence electrons. The fourth-order valence-electron chi connectivity index (χ4n) is 3.85. The molecular formula is C24H26F3N3O3S. The molecule has 4 rings (SSSR count). The molecule has 0 aliphatic heterocycles. The summed E-state index contributed by atoms with van der Waals surface area (Å²) in [7, 11) is 1.60. The number of rotatable bonds is 9. The van der Waals surface area contributed by atoms with E-state index in [1.807, 2.05) is 0 Å². The summed E-state index contributed by atoms with van der Waals surface area (Å²) in [6.07, 6.45) is -0.689. The first-order valence-electron chi connectivity index (χ1n) is 11.2. The van der Waals surface area contributed by atoms with Crippen LogP contribution >= 0.6 is 11.3 Å². The molecule has 0 atom stereocenters. The predicted molar refractivity (Wildman–Crippen MR) is 124 cm³/mol. The number of alkyl halides is 3. The van der Waals surface area contributed by atoms with Crippen LogP contribution in [0.4, 0.5) is 13.2 Å². The molecule has 1 aliphatic carbocycles. The fraction of sp³-hybridized carbons (Fsp3) is 0.458. The number of nitrogens with one attached hydrogen (secondary N) is 1. The van der Waals surface area contributed by atoms with Gasteiger partial charge >= 0.3 is 6.18 Å². The molecule has 0 unspecified atom stereocenters. The average Bonchev–Trinajstić information content (AvgIpc) is 3.51. The minimum absolute atomic E-state index is 0.143. The smallest absolute Gasteiger partial charge is 0.416 e. The number of benzene rings is 1. The van der Waals surface area contributed by atoms with Crippen LogP contribution in [0, 0.1) is 5.92 Å². The molecular weight excluding hydrogens is 467 g/mol. The third kappa shape index (κ3) is 5.60. The fourth-order valence-corrected chi connectivity index (χ4v) is 5.11. The Hall–Kier alpha value is -2.88. The number of hydrogen-bond donors (Lipinski definition) is 1. The molecule has 1 amide bonds. The molecule has 2 heterocycles. The van der Waals surface area contributed by atoms with Crippen LogP contribution in [0.3, 0.4) is 0 Å². The number of amides is 1. The highest BCUT2D eigenvalue weighted by atomic mass is 32.1. The second-order valence-electron chi connectivity index (χ2n) is 8.64. The van der Waals surface area contributed by atoms with E-state index in [-0.39, 0.29) is 24.5 Å². The SMILES string of the molecule is CC(=O)NCCCOc1c(Cc2cccc(C(F)(F)F)c2)sc2c(CC3CC3)nn(C)c(=O)c12. The number of ether oxygens (including phenoxy) is 1. The number of hydrogen-bond acceptors (Lipinski definition) is 5. The molecule has 0 bridgehead atoms. The van der Waals surface area contributed by atoms with Crippen molar-refractivity contribution in [3.63, 3.8) is 0 Å². The van der Waals surface area contributed by atoms with E-state index in [0.29, 0.717) is 40.5 Å². The summed E-state index contributed by atoms with van der Waals surface area (Å²) in [6, 6.07) is 5.20. The zero-order valence-electron chi connectivity index (χ0n) is 19.0. The van der Waals surface area contributed by atoms with Gasteiger partial charge in [0.05, 0.1) is 27.4 Å². The van der Waals surface area contributed by atoms with Gasteiger partial charge in [0.1, 0.15) is 11.1 Å². The van der Waals surface area contributed by atoms with Crippen molar-refractivity contribution < 1.29 is 22.7 Å². The summed E-state index contributed by atoms with van der Waals surface area (Å²) in [4.78, 5) is 24.8. The van der Waals surface area contributed by atoms with Crippen molar-refractivity contribution in [3.05, 3.63) is 56.3 Å². The minimum atomic E-state index is -4.43. The normalized spacial score (nSPS) is 13.9. The standard InChI is InChI=1S/C24H26F3N3O3S/c1-14(31)28-9-4-10-33-21-19(13-16-5-3-6-17(11-16)24(25,26)27)34-22-18(12-15-7-8-15)29-30(2)23(32)20(21)22/h3,5-6,11,15H,4,7-10,12-13H2,1-2H3,(H,28,31). The highest BCUT2D eigenvalue weighted by Crippen LogP contribution is 2.41. The molecule has 34 heavy (non-hydrogen) atoms. The zero-order chi connectivity index (χ0) is 24.5. The van der Waals surface area contributed by atoms with Gasteiger partial charge in [0.15, 0.2) is 0 Å².